The van der Waals surface area contributed by atoms with E-state index >= 15 is 0 Å². The van der Waals surface area contributed by atoms with Gasteiger partial charge < -0.3 is 14.8 Å². The molecule has 1 aliphatic rings. The molecule has 0 saturated carbocycles. The number of amides is 2. The zero-order valence-electron chi connectivity index (χ0n) is 16.5. The van der Waals surface area contributed by atoms with Gasteiger partial charge in [-0.2, -0.15) is 0 Å². The van der Waals surface area contributed by atoms with E-state index in [2.05, 4.69) is 5.32 Å². The van der Waals surface area contributed by atoms with Crippen molar-refractivity contribution in [1.29, 1.82) is 0 Å². The molecule has 1 aliphatic heterocycles. The van der Waals surface area contributed by atoms with E-state index in [4.69, 9.17) is 14.3 Å². The largest absolute Gasteiger partial charge is 0.459 e. The maximum Gasteiger partial charge on any atom is 0.408 e. The number of carbonyl (C=O) groups is 3. The summed E-state index contributed by atoms with van der Waals surface area (Å²) in [6.07, 6.45) is -0.718. The van der Waals surface area contributed by atoms with E-state index in [9.17, 15) is 24.5 Å². The minimum atomic E-state index is -0.805. The van der Waals surface area contributed by atoms with Crippen LogP contribution in [0.4, 0.5) is 10.5 Å². The van der Waals surface area contributed by atoms with Crippen LogP contribution >= 0.6 is 0 Å². The fraction of sp³-hybridized carbons (Fsp3) is 0.500. The number of hydrogen-bond donors (Lipinski definition) is 1. The Labute approximate surface area is 167 Å². The van der Waals surface area contributed by atoms with Crippen LogP contribution < -0.4 is 5.32 Å². The van der Waals surface area contributed by atoms with Crippen LogP contribution in [0.2, 0.25) is 0 Å². The molecule has 1 heterocycles. The van der Waals surface area contributed by atoms with E-state index < -0.39 is 47.2 Å². The third-order valence-electron chi connectivity index (χ3n) is 3.88. The first-order valence-electron chi connectivity index (χ1n) is 8.82. The lowest BCUT2D eigenvalue weighted by molar-refractivity contribution is -0.384. The molecular weight excluding hydrogens is 386 g/mol. The van der Waals surface area contributed by atoms with Gasteiger partial charge >= 0.3 is 12.1 Å². The summed E-state index contributed by atoms with van der Waals surface area (Å²) in [5.74, 6) is -1.22. The Hall–Kier alpha value is -3.21. The molecule has 2 atom stereocenters. The van der Waals surface area contributed by atoms with Gasteiger partial charge in [-0.1, -0.05) is 0 Å². The van der Waals surface area contributed by atoms with Crippen molar-refractivity contribution in [2.75, 3.05) is 6.61 Å². The monoisotopic (exact) mass is 409 g/mol. The fourth-order valence-corrected chi connectivity index (χ4v) is 2.44. The standard InChI is InChI=1S/C18H23N3O8/c1-11-15(19-17(24)29-18(2,3)4)16(23)20(11)28-10-14(22)27-9-12-5-7-13(8-6-12)21(25)26/h5-8,11,15H,9-10H2,1-4H3,(H,19,24)/t11-,15+/m1/s1. The lowest BCUT2D eigenvalue weighted by atomic mass is 10.0. The number of esters is 1. The van der Waals surface area contributed by atoms with Gasteiger partial charge in [0.1, 0.15) is 18.2 Å². The number of hydroxylamine groups is 2. The molecule has 1 aromatic carbocycles. The summed E-state index contributed by atoms with van der Waals surface area (Å²) >= 11 is 0. The number of alkyl carbamates (subject to hydrolysis) is 1. The highest BCUT2D eigenvalue weighted by Gasteiger charge is 2.47. The van der Waals surface area contributed by atoms with E-state index in [1.807, 2.05) is 0 Å². The molecule has 0 spiro atoms. The second kappa shape index (κ2) is 8.86. The Morgan fingerprint density at radius 1 is 1.24 bits per heavy atom. The predicted molar refractivity (Wildman–Crippen MR) is 98.3 cm³/mol. The minimum absolute atomic E-state index is 0.0664. The Morgan fingerprint density at radius 3 is 2.38 bits per heavy atom. The lowest BCUT2D eigenvalue weighted by Crippen LogP contribution is -2.69. The summed E-state index contributed by atoms with van der Waals surface area (Å²) in [5.41, 5.74) is -0.189. The predicted octanol–water partition coefficient (Wildman–Crippen LogP) is 1.69. The number of non-ortho nitro benzene ring substituents is 1. The Bertz CT molecular complexity index is 787. The van der Waals surface area contributed by atoms with Gasteiger partial charge in [0.2, 0.25) is 0 Å². The van der Waals surface area contributed by atoms with E-state index in [0.717, 1.165) is 5.06 Å². The molecule has 1 N–H and O–H groups in total. The average Bonchev–Trinajstić information content (AvgIpc) is 2.63. The van der Waals surface area contributed by atoms with Crippen LogP contribution in [0.5, 0.6) is 0 Å². The van der Waals surface area contributed by atoms with Gasteiger partial charge in [-0.3, -0.25) is 19.7 Å². The van der Waals surface area contributed by atoms with Gasteiger partial charge in [-0.25, -0.2) is 14.7 Å². The third-order valence-corrected chi connectivity index (χ3v) is 3.88. The summed E-state index contributed by atoms with van der Waals surface area (Å²) in [5, 5.41) is 14.0. The van der Waals surface area contributed by atoms with Gasteiger partial charge in [-0.05, 0) is 45.4 Å². The number of nitro groups is 1. The van der Waals surface area contributed by atoms with Crippen molar-refractivity contribution in [3.05, 3.63) is 39.9 Å². The highest BCUT2D eigenvalue weighted by atomic mass is 16.7. The van der Waals surface area contributed by atoms with Crippen molar-refractivity contribution in [2.24, 2.45) is 0 Å². The number of nitro benzene ring substituents is 1. The molecule has 0 aromatic heterocycles. The zero-order chi connectivity index (χ0) is 21.8. The summed E-state index contributed by atoms with van der Waals surface area (Å²) in [7, 11) is 0. The van der Waals surface area contributed by atoms with Gasteiger partial charge in [0.05, 0.1) is 11.0 Å². The Balaban J connectivity index is 1.73. The summed E-state index contributed by atoms with van der Waals surface area (Å²) < 4.78 is 10.1. The van der Waals surface area contributed by atoms with Crippen LogP contribution in [-0.2, 0) is 30.5 Å². The smallest absolute Gasteiger partial charge is 0.408 e. The van der Waals surface area contributed by atoms with Crippen molar-refractivity contribution in [3.8, 4) is 0 Å². The molecule has 1 fully saturated rings. The molecule has 2 rings (SSSR count). The van der Waals surface area contributed by atoms with Crippen molar-refractivity contribution >= 4 is 23.7 Å². The maximum absolute atomic E-state index is 12.1. The van der Waals surface area contributed by atoms with Crippen molar-refractivity contribution in [2.45, 2.75) is 52.0 Å². The van der Waals surface area contributed by atoms with E-state index in [1.54, 1.807) is 27.7 Å². The molecule has 1 aromatic rings. The second-order valence-corrected chi connectivity index (χ2v) is 7.39. The second-order valence-electron chi connectivity index (χ2n) is 7.39. The summed E-state index contributed by atoms with van der Waals surface area (Å²) in [6.45, 7) is 6.17. The average molecular weight is 409 g/mol. The van der Waals surface area contributed by atoms with Crippen LogP contribution in [0.25, 0.3) is 0 Å². The van der Waals surface area contributed by atoms with Crippen LogP contribution in [0.3, 0.4) is 0 Å². The van der Waals surface area contributed by atoms with Gasteiger partial charge in [0, 0.05) is 12.1 Å². The highest BCUT2D eigenvalue weighted by molar-refractivity contribution is 5.91. The number of rotatable bonds is 7. The topological polar surface area (TPSA) is 137 Å². The number of benzene rings is 1. The first-order valence-corrected chi connectivity index (χ1v) is 8.82. The number of nitrogens with one attached hydrogen (secondary N) is 1. The van der Waals surface area contributed by atoms with E-state index in [1.165, 1.54) is 24.3 Å². The van der Waals surface area contributed by atoms with Crippen LogP contribution in [0.15, 0.2) is 24.3 Å². The molecule has 0 bridgehead atoms. The molecule has 158 valence electrons. The number of hydrogen-bond acceptors (Lipinski definition) is 8. The molecule has 11 nitrogen and oxygen atoms in total. The molecule has 2 amide bonds. The number of carbonyl (C=O) groups excluding carboxylic acids is 3. The van der Waals surface area contributed by atoms with E-state index in [0.29, 0.717) is 5.56 Å². The Morgan fingerprint density at radius 2 is 1.86 bits per heavy atom. The van der Waals surface area contributed by atoms with Crippen molar-refractivity contribution in [3.63, 3.8) is 0 Å². The summed E-state index contributed by atoms with van der Waals surface area (Å²) in [4.78, 5) is 50.8. The van der Waals surface area contributed by atoms with E-state index in [-0.39, 0.29) is 12.3 Å². The lowest BCUT2D eigenvalue weighted by Gasteiger charge is -2.43. The first-order chi connectivity index (χ1) is 13.5. The number of β-lactam (4-membered cyclic amide) rings is 1. The van der Waals surface area contributed by atoms with Gasteiger partial charge in [0.25, 0.3) is 11.6 Å². The molecular formula is C18H23N3O8. The molecule has 29 heavy (non-hydrogen) atoms. The normalized spacial score (nSPS) is 18.6. The highest BCUT2D eigenvalue weighted by Crippen LogP contribution is 2.21. The zero-order valence-corrected chi connectivity index (χ0v) is 16.5. The number of ether oxygens (including phenoxy) is 2. The molecule has 11 heteroatoms. The summed E-state index contributed by atoms with van der Waals surface area (Å²) in [6, 6.07) is 4.26. The minimum Gasteiger partial charge on any atom is -0.459 e. The Kier molecular flexibility index (Phi) is 6.75. The van der Waals surface area contributed by atoms with Crippen LogP contribution in [-0.4, -0.2) is 52.2 Å². The van der Waals surface area contributed by atoms with Gasteiger partial charge in [-0.15, -0.1) is 0 Å². The number of nitrogens with zero attached hydrogens (tertiary/aromatic N) is 2. The third kappa shape index (κ3) is 6.14. The van der Waals surface area contributed by atoms with Crippen molar-refractivity contribution < 1.29 is 33.6 Å². The van der Waals surface area contributed by atoms with Gasteiger partial charge in [0.15, 0.2) is 6.61 Å². The van der Waals surface area contributed by atoms with Crippen molar-refractivity contribution in [1.82, 2.24) is 10.4 Å². The molecule has 0 radical (unpaired) electrons. The van der Waals surface area contributed by atoms with Crippen LogP contribution in [0.1, 0.15) is 33.3 Å². The quantitative estimate of drug-likeness (QED) is 0.311. The first kappa shape index (κ1) is 22.1. The molecule has 1 saturated heterocycles. The molecule has 0 aliphatic carbocycles. The fourth-order valence-electron chi connectivity index (χ4n) is 2.44. The molecule has 0 unspecified atom stereocenters. The maximum atomic E-state index is 12.1. The van der Waals surface area contributed by atoms with Crippen LogP contribution in [0, 0.1) is 10.1 Å². The SMILES string of the molecule is C[C@@H]1[C@H](NC(=O)OC(C)(C)C)C(=O)N1OCC(=O)OCc1ccc([N+](=O)[O-])cc1.